The van der Waals surface area contributed by atoms with Crippen LogP contribution in [0.5, 0.6) is 0 Å². The van der Waals surface area contributed by atoms with Crippen LogP contribution in [0.1, 0.15) is 13.8 Å². The van der Waals surface area contributed by atoms with Crippen LogP contribution in [0.2, 0.25) is 5.02 Å². The zero-order valence-electron chi connectivity index (χ0n) is 16.2. The van der Waals surface area contributed by atoms with Gasteiger partial charge in [-0.3, -0.25) is 4.90 Å². The Morgan fingerprint density at radius 3 is 2.43 bits per heavy atom. The minimum absolute atomic E-state index is 0.475. The average molecular weight is 398 g/mol. The van der Waals surface area contributed by atoms with Crippen LogP contribution < -0.4 is 4.90 Å². The number of halogens is 1. The van der Waals surface area contributed by atoms with E-state index in [1.165, 1.54) is 0 Å². The van der Waals surface area contributed by atoms with Crippen molar-refractivity contribution in [2.24, 2.45) is 5.92 Å². The van der Waals surface area contributed by atoms with Crippen molar-refractivity contribution in [3.63, 3.8) is 0 Å². The minimum Gasteiger partial charge on any atom is -0.416 e. The van der Waals surface area contributed by atoms with Crippen molar-refractivity contribution < 1.29 is 4.42 Å². The molecule has 0 amide bonds. The Balaban J connectivity index is 1.55. The summed E-state index contributed by atoms with van der Waals surface area (Å²) in [5.74, 6) is 2.54. The van der Waals surface area contributed by atoms with Crippen LogP contribution in [0.25, 0.3) is 22.9 Å². The Kier molecular flexibility index (Phi) is 5.59. The molecule has 0 spiro atoms. The summed E-state index contributed by atoms with van der Waals surface area (Å²) in [4.78, 5) is 9.43. The van der Waals surface area contributed by atoms with Gasteiger partial charge in [0.1, 0.15) is 5.82 Å². The smallest absolute Gasteiger partial charge is 0.251 e. The summed E-state index contributed by atoms with van der Waals surface area (Å²) >= 11 is 5.96. The van der Waals surface area contributed by atoms with Crippen LogP contribution in [0.3, 0.4) is 0 Å². The molecule has 2 aromatic heterocycles. The van der Waals surface area contributed by atoms with Crippen LogP contribution in [-0.2, 0) is 0 Å². The highest BCUT2D eigenvalue weighted by Gasteiger charge is 2.23. The van der Waals surface area contributed by atoms with E-state index in [9.17, 15) is 0 Å². The SMILES string of the molecule is CC(C)CN1CCN(c2ncccc2-c2nnc(-c3ccc(Cl)cc3)o2)CC1. The van der Waals surface area contributed by atoms with Crippen LogP contribution in [0, 0.1) is 5.92 Å². The molecule has 4 rings (SSSR count). The summed E-state index contributed by atoms with van der Waals surface area (Å²) in [6, 6.07) is 11.3. The zero-order valence-corrected chi connectivity index (χ0v) is 16.9. The first kappa shape index (κ1) is 18.9. The zero-order chi connectivity index (χ0) is 19.5. The maximum atomic E-state index is 5.96. The number of rotatable bonds is 5. The van der Waals surface area contributed by atoms with Gasteiger partial charge in [-0.15, -0.1) is 10.2 Å². The molecule has 1 aliphatic heterocycles. The second-order valence-electron chi connectivity index (χ2n) is 7.48. The molecule has 3 heterocycles. The number of benzene rings is 1. The van der Waals surface area contributed by atoms with Gasteiger partial charge >= 0.3 is 0 Å². The molecule has 1 aromatic carbocycles. The van der Waals surface area contributed by atoms with E-state index < -0.39 is 0 Å². The van der Waals surface area contributed by atoms with Crippen molar-refractivity contribution in [2.45, 2.75) is 13.8 Å². The number of nitrogens with zero attached hydrogens (tertiary/aromatic N) is 5. The quantitative estimate of drug-likeness (QED) is 0.642. The number of hydrogen-bond acceptors (Lipinski definition) is 6. The molecule has 0 aliphatic carbocycles. The Bertz CT molecular complexity index is 917. The van der Waals surface area contributed by atoms with Crippen molar-refractivity contribution in [3.8, 4) is 22.9 Å². The van der Waals surface area contributed by atoms with Crippen LogP contribution in [-0.4, -0.2) is 52.8 Å². The summed E-state index contributed by atoms with van der Waals surface area (Å²) in [6.07, 6.45) is 1.82. The summed E-state index contributed by atoms with van der Waals surface area (Å²) in [6.45, 7) is 9.61. The fourth-order valence-corrected chi connectivity index (χ4v) is 3.64. The highest BCUT2D eigenvalue weighted by Crippen LogP contribution is 2.31. The molecule has 7 heteroatoms. The topological polar surface area (TPSA) is 58.3 Å². The Labute approximate surface area is 170 Å². The molecule has 1 aliphatic rings. The van der Waals surface area contributed by atoms with Crippen LogP contribution in [0.4, 0.5) is 5.82 Å². The van der Waals surface area contributed by atoms with Gasteiger partial charge < -0.3 is 9.32 Å². The van der Waals surface area contributed by atoms with Gasteiger partial charge in [0.2, 0.25) is 5.89 Å². The highest BCUT2D eigenvalue weighted by atomic mass is 35.5. The fourth-order valence-electron chi connectivity index (χ4n) is 3.52. The molecule has 0 radical (unpaired) electrons. The second-order valence-corrected chi connectivity index (χ2v) is 7.91. The summed E-state index contributed by atoms with van der Waals surface area (Å²) in [5, 5.41) is 9.15. The monoisotopic (exact) mass is 397 g/mol. The maximum absolute atomic E-state index is 5.96. The van der Waals surface area contributed by atoms with Crippen molar-refractivity contribution >= 4 is 17.4 Å². The standard InChI is InChI=1S/C21H24ClN5O/c1-15(2)14-26-10-12-27(13-11-26)19-18(4-3-9-23-19)21-25-24-20(28-21)16-5-7-17(22)8-6-16/h3-9,15H,10-14H2,1-2H3. The second kappa shape index (κ2) is 8.29. The lowest BCUT2D eigenvalue weighted by atomic mass is 10.1. The number of pyridine rings is 1. The van der Waals surface area contributed by atoms with E-state index in [0.29, 0.717) is 22.7 Å². The molecule has 1 saturated heterocycles. The van der Waals surface area contributed by atoms with E-state index in [4.69, 9.17) is 16.0 Å². The number of aromatic nitrogens is 3. The third-order valence-electron chi connectivity index (χ3n) is 4.83. The van der Waals surface area contributed by atoms with E-state index in [1.54, 1.807) is 0 Å². The van der Waals surface area contributed by atoms with Crippen molar-refractivity contribution in [1.82, 2.24) is 20.1 Å². The third kappa shape index (κ3) is 4.18. The molecule has 146 valence electrons. The Morgan fingerprint density at radius 2 is 1.71 bits per heavy atom. The molecular weight excluding hydrogens is 374 g/mol. The Morgan fingerprint density at radius 1 is 1.00 bits per heavy atom. The normalized spacial score (nSPS) is 15.4. The van der Waals surface area contributed by atoms with E-state index in [1.807, 2.05) is 42.6 Å². The molecule has 0 unspecified atom stereocenters. The number of piperazine rings is 1. The summed E-state index contributed by atoms with van der Waals surface area (Å²) in [5.41, 5.74) is 1.71. The van der Waals surface area contributed by atoms with Gasteiger partial charge in [0.05, 0.1) is 5.56 Å². The number of hydrogen-bond donors (Lipinski definition) is 0. The fraction of sp³-hybridized carbons (Fsp3) is 0.381. The molecule has 0 N–H and O–H groups in total. The van der Waals surface area contributed by atoms with Crippen molar-refractivity contribution in [1.29, 1.82) is 0 Å². The highest BCUT2D eigenvalue weighted by molar-refractivity contribution is 6.30. The molecule has 6 nitrogen and oxygen atoms in total. The molecular formula is C21H24ClN5O. The van der Waals surface area contributed by atoms with Crippen molar-refractivity contribution in [3.05, 3.63) is 47.6 Å². The van der Waals surface area contributed by atoms with Crippen molar-refractivity contribution in [2.75, 3.05) is 37.6 Å². The number of anilines is 1. The van der Waals surface area contributed by atoms with E-state index in [2.05, 4.69) is 38.8 Å². The van der Waals surface area contributed by atoms with Gasteiger partial charge in [-0.2, -0.15) is 0 Å². The maximum Gasteiger partial charge on any atom is 0.251 e. The van der Waals surface area contributed by atoms with E-state index >= 15 is 0 Å². The van der Waals surface area contributed by atoms with Gasteiger partial charge in [-0.05, 0) is 42.3 Å². The minimum atomic E-state index is 0.475. The predicted octanol–water partition coefficient (Wildman–Crippen LogP) is 4.23. The predicted molar refractivity (Wildman–Crippen MR) is 111 cm³/mol. The lowest BCUT2D eigenvalue weighted by molar-refractivity contribution is 0.231. The molecule has 0 bridgehead atoms. The van der Waals surface area contributed by atoms with Gasteiger partial charge in [0, 0.05) is 49.5 Å². The van der Waals surface area contributed by atoms with Gasteiger partial charge in [-0.25, -0.2) is 4.98 Å². The first-order valence-electron chi connectivity index (χ1n) is 9.62. The average Bonchev–Trinajstić information content (AvgIpc) is 3.19. The largest absolute Gasteiger partial charge is 0.416 e. The van der Waals surface area contributed by atoms with Crippen LogP contribution in [0.15, 0.2) is 47.0 Å². The Hall–Kier alpha value is -2.44. The van der Waals surface area contributed by atoms with Gasteiger partial charge in [0.25, 0.3) is 5.89 Å². The van der Waals surface area contributed by atoms with E-state index in [0.717, 1.165) is 49.7 Å². The molecule has 1 fully saturated rings. The molecule has 3 aromatic rings. The summed E-state index contributed by atoms with van der Waals surface area (Å²) in [7, 11) is 0. The van der Waals surface area contributed by atoms with Crippen LogP contribution >= 0.6 is 11.6 Å². The third-order valence-corrected chi connectivity index (χ3v) is 5.08. The lowest BCUT2D eigenvalue weighted by Crippen LogP contribution is -2.47. The lowest BCUT2D eigenvalue weighted by Gasteiger charge is -2.36. The van der Waals surface area contributed by atoms with Gasteiger partial charge in [0.15, 0.2) is 0 Å². The summed E-state index contributed by atoms with van der Waals surface area (Å²) < 4.78 is 5.96. The first-order valence-corrected chi connectivity index (χ1v) is 10.00. The molecule has 0 atom stereocenters. The van der Waals surface area contributed by atoms with E-state index in [-0.39, 0.29) is 0 Å². The first-order chi connectivity index (χ1) is 13.6. The molecule has 28 heavy (non-hydrogen) atoms. The van der Waals surface area contributed by atoms with Gasteiger partial charge in [-0.1, -0.05) is 25.4 Å². The molecule has 0 saturated carbocycles.